The Kier molecular flexibility index (Phi) is 5.13. The summed E-state index contributed by atoms with van der Waals surface area (Å²) in [6, 6.07) is 7.48. The molecule has 1 aromatic heterocycles. The second-order valence-electron chi connectivity index (χ2n) is 4.85. The van der Waals surface area contributed by atoms with Gasteiger partial charge >= 0.3 is 0 Å². The van der Waals surface area contributed by atoms with Crippen LogP contribution in [0.1, 0.15) is 12.0 Å². The highest BCUT2D eigenvalue weighted by molar-refractivity contribution is 5.90. The van der Waals surface area contributed by atoms with E-state index in [4.69, 9.17) is 5.73 Å². The highest BCUT2D eigenvalue weighted by Crippen LogP contribution is 2.13. The van der Waals surface area contributed by atoms with Gasteiger partial charge in [0, 0.05) is 25.4 Å². The minimum atomic E-state index is -0.152. The number of hydrogen-bond acceptors (Lipinski definition) is 4. The number of nitrogens with one attached hydrogen (secondary N) is 2. The lowest BCUT2D eigenvalue weighted by Crippen LogP contribution is -2.23. The first kappa shape index (κ1) is 15.6. The molecule has 0 aliphatic heterocycles. The smallest absolute Gasteiger partial charge is 0.241 e. The van der Waals surface area contributed by atoms with Gasteiger partial charge in [-0.3, -0.25) is 14.3 Å². The van der Waals surface area contributed by atoms with Crippen LogP contribution in [0.4, 0.5) is 11.4 Å². The molecule has 116 valence electrons. The van der Waals surface area contributed by atoms with E-state index >= 15 is 0 Å². The number of para-hydroxylation sites is 1. The molecule has 0 bridgehead atoms. The number of amides is 2. The Labute approximate surface area is 128 Å². The van der Waals surface area contributed by atoms with Gasteiger partial charge in [-0.25, -0.2) is 0 Å². The van der Waals surface area contributed by atoms with Crippen molar-refractivity contribution in [1.29, 1.82) is 0 Å². The number of aromatic nitrogens is 2. The molecular weight excluding hydrogens is 282 g/mol. The largest absolute Gasteiger partial charge is 0.399 e. The number of nitrogens with zero attached hydrogens (tertiary/aromatic N) is 2. The van der Waals surface area contributed by atoms with Gasteiger partial charge in [-0.15, -0.1) is 0 Å². The lowest BCUT2D eigenvalue weighted by molar-refractivity contribution is -0.121. The fourth-order valence-electron chi connectivity index (χ4n) is 1.97. The third-order valence-corrected chi connectivity index (χ3v) is 3.18. The summed E-state index contributed by atoms with van der Waals surface area (Å²) in [6.45, 7) is 0.118. The molecule has 22 heavy (non-hydrogen) atoms. The molecule has 0 saturated heterocycles. The van der Waals surface area contributed by atoms with Crippen LogP contribution >= 0.6 is 0 Å². The molecule has 4 N–H and O–H groups in total. The van der Waals surface area contributed by atoms with Crippen molar-refractivity contribution in [3.8, 4) is 0 Å². The highest BCUT2D eigenvalue weighted by Gasteiger charge is 2.07. The fourth-order valence-corrected chi connectivity index (χ4v) is 1.97. The van der Waals surface area contributed by atoms with E-state index in [-0.39, 0.29) is 18.4 Å². The van der Waals surface area contributed by atoms with E-state index in [1.165, 1.54) is 10.9 Å². The van der Waals surface area contributed by atoms with Crippen molar-refractivity contribution in [3.63, 3.8) is 0 Å². The Bertz CT molecular complexity index is 665. The lowest BCUT2D eigenvalue weighted by Gasteiger charge is -2.05. The van der Waals surface area contributed by atoms with Crippen LogP contribution in [0.5, 0.6) is 0 Å². The quantitative estimate of drug-likeness (QED) is 0.686. The van der Waals surface area contributed by atoms with E-state index in [9.17, 15) is 9.59 Å². The molecule has 0 unspecified atom stereocenters. The number of carbonyl (C=O) groups excluding carboxylic acids is 2. The van der Waals surface area contributed by atoms with E-state index in [2.05, 4.69) is 15.7 Å². The van der Waals surface area contributed by atoms with Gasteiger partial charge < -0.3 is 16.4 Å². The molecule has 1 heterocycles. The van der Waals surface area contributed by atoms with Crippen LogP contribution < -0.4 is 16.4 Å². The molecule has 2 rings (SSSR count). The van der Waals surface area contributed by atoms with E-state index in [0.29, 0.717) is 24.2 Å². The monoisotopic (exact) mass is 301 g/mol. The van der Waals surface area contributed by atoms with Gasteiger partial charge in [0.15, 0.2) is 0 Å². The summed E-state index contributed by atoms with van der Waals surface area (Å²) in [4.78, 5) is 23.1. The van der Waals surface area contributed by atoms with Crippen LogP contribution in [0.3, 0.4) is 0 Å². The molecule has 0 radical (unpaired) electrons. The molecule has 0 aliphatic carbocycles. The first-order valence-electron chi connectivity index (χ1n) is 6.94. The maximum absolute atomic E-state index is 11.9. The van der Waals surface area contributed by atoms with Crippen LogP contribution in [0, 0.1) is 0 Å². The zero-order valence-corrected chi connectivity index (χ0v) is 12.4. The average Bonchev–Trinajstić information content (AvgIpc) is 2.93. The van der Waals surface area contributed by atoms with Gasteiger partial charge in [0.25, 0.3) is 0 Å². The topological polar surface area (TPSA) is 102 Å². The summed E-state index contributed by atoms with van der Waals surface area (Å²) >= 11 is 0. The predicted octanol–water partition coefficient (Wildman–Crippen LogP) is 0.783. The summed E-state index contributed by atoms with van der Waals surface area (Å²) in [5, 5.41) is 9.27. The third-order valence-electron chi connectivity index (χ3n) is 3.18. The number of nitrogen functional groups attached to an aromatic ring is 1. The van der Waals surface area contributed by atoms with Crippen molar-refractivity contribution >= 4 is 23.2 Å². The molecule has 2 aromatic rings. The maximum atomic E-state index is 11.9. The molecule has 1 aromatic carbocycles. The molecule has 2 amide bonds. The summed E-state index contributed by atoms with van der Waals surface area (Å²) in [7, 11) is 1.56. The van der Waals surface area contributed by atoms with Crippen LogP contribution in [-0.4, -0.2) is 28.6 Å². The van der Waals surface area contributed by atoms with Crippen molar-refractivity contribution in [1.82, 2.24) is 15.1 Å². The van der Waals surface area contributed by atoms with Crippen molar-refractivity contribution in [2.45, 2.75) is 19.4 Å². The Morgan fingerprint density at radius 3 is 2.77 bits per heavy atom. The van der Waals surface area contributed by atoms with Crippen molar-refractivity contribution in [3.05, 3.63) is 42.2 Å². The minimum absolute atomic E-state index is 0.118. The Morgan fingerprint density at radius 1 is 1.27 bits per heavy atom. The van der Waals surface area contributed by atoms with Gasteiger partial charge in [0.2, 0.25) is 11.8 Å². The summed E-state index contributed by atoms with van der Waals surface area (Å²) in [5.41, 5.74) is 8.04. The van der Waals surface area contributed by atoms with E-state index in [1.807, 2.05) is 24.3 Å². The van der Waals surface area contributed by atoms with Crippen molar-refractivity contribution in [2.75, 3.05) is 18.1 Å². The lowest BCUT2D eigenvalue weighted by atomic mass is 10.1. The van der Waals surface area contributed by atoms with Crippen LogP contribution in [0.2, 0.25) is 0 Å². The first-order valence-corrected chi connectivity index (χ1v) is 6.94. The van der Waals surface area contributed by atoms with Crippen molar-refractivity contribution in [2.24, 2.45) is 0 Å². The second-order valence-corrected chi connectivity index (χ2v) is 4.85. The molecular formula is C15H19N5O2. The highest BCUT2D eigenvalue weighted by atomic mass is 16.2. The first-order chi connectivity index (χ1) is 10.6. The van der Waals surface area contributed by atoms with Crippen LogP contribution in [0.15, 0.2) is 36.7 Å². The number of benzene rings is 1. The van der Waals surface area contributed by atoms with E-state index < -0.39 is 0 Å². The molecule has 7 nitrogen and oxygen atoms in total. The molecule has 0 saturated carbocycles. The molecule has 0 aliphatic rings. The zero-order chi connectivity index (χ0) is 15.9. The van der Waals surface area contributed by atoms with Gasteiger partial charge in [0.1, 0.15) is 6.54 Å². The van der Waals surface area contributed by atoms with Gasteiger partial charge in [0.05, 0.1) is 11.9 Å². The van der Waals surface area contributed by atoms with Crippen LogP contribution in [-0.2, 0) is 22.6 Å². The number of carbonyl (C=O) groups is 2. The number of hydrogen-bond donors (Lipinski definition) is 3. The number of aryl methyl sites for hydroxylation is 1. The predicted molar refractivity (Wildman–Crippen MR) is 84.1 cm³/mol. The number of rotatable bonds is 6. The van der Waals surface area contributed by atoms with Crippen molar-refractivity contribution < 1.29 is 9.59 Å². The molecule has 7 heteroatoms. The molecule has 0 spiro atoms. The summed E-state index contributed by atoms with van der Waals surface area (Å²) in [5.74, 6) is -0.275. The molecule has 0 fully saturated rings. The Morgan fingerprint density at radius 2 is 2.05 bits per heavy atom. The molecule has 0 atom stereocenters. The third kappa shape index (κ3) is 4.34. The van der Waals surface area contributed by atoms with Gasteiger partial charge in [-0.2, -0.15) is 5.10 Å². The minimum Gasteiger partial charge on any atom is -0.399 e. The van der Waals surface area contributed by atoms with Gasteiger partial charge in [-0.05, 0) is 18.1 Å². The number of nitrogens with two attached hydrogens (primary N) is 1. The Balaban J connectivity index is 1.85. The standard InChI is InChI=1S/C15H19N5O2/c1-17-15(22)10-20-9-12(8-18-20)19-14(21)7-6-11-4-2-3-5-13(11)16/h2-5,8-9H,6-7,10,16H2,1H3,(H,17,22)(H,19,21). The zero-order valence-electron chi connectivity index (χ0n) is 12.4. The van der Waals surface area contributed by atoms with Crippen LogP contribution in [0.25, 0.3) is 0 Å². The van der Waals surface area contributed by atoms with E-state index in [0.717, 1.165) is 5.56 Å². The van der Waals surface area contributed by atoms with Gasteiger partial charge in [-0.1, -0.05) is 18.2 Å². The normalized spacial score (nSPS) is 10.2. The fraction of sp³-hybridized carbons (Fsp3) is 0.267. The summed E-state index contributed by atoms with van der Waals surface area (Å²) in [6.07, 6.45) is 4.03. The SMILES string of the molecule is CNC(=O)Cn1cc(NC(=O)CCc2ccccc2N)cn1. The number of anilines is 2. The summed E-state index contributed by atoms with van der Waals surface area (Å²) < 4.78 is 1.46. The van der Waals surface area contributed by atoms with E-state index in [1.54, 1.807) is 13.2 Å². The number of likely N-dealkylation sites (N-methyl/N-ethyl adjacent to an activating group) is 1. The second kappa shape index (κ2) is 7.26. The Hall–Kier alpha value is -2.83. The average molecular weight is 301 g/mol. The maximum Gasteiger partial charge on any atom is 0.241 e.